The summed E-state index contributed by atoms with van der Waals surface area (Å²) in [4.78, 5) is 14.0. The third kappa shape index (κ3) is 3.53. The molecule has 6 heteroatoms. The van der Waals surface area contributed by atoms with Gasteiger partial charge < -0.3 is 10.6 Å². The first kappa shape index (κ1) is 14.7. The highest BCUT2D eigenvalue weighted by Gasteiger charge is 2.21. The minimum Gasteiger partial charge on any atom is -0.392 e. The highest BCUT2D eigenvalue weighted by molar-refractivity contribution is 14.1. The van der Waals surface area contributed by atoms with E-state index in [-0.39, 0.29) is 16.9 Å². The molecule has 1 atom stereocenters. The normalized spacial score (nSPS) is 12.0. The topological polar surface area (TPSA) is 46.3 Å². The Hall–Kier alpha value is -0.400. The second kappa shape index (κ2) is 5.97. The molecule has 17 heavy (non-hydrogen) atoms. The fourth-order valence-electron chi connectivity index (χ4n) is 1.22. The Balaban J connectivity index is 3.04. The van der Waals surface area contributed by atoms with E-state index in [1.54, 1.807) is 32.2 Å². The first-order valence-corrected chi connectivity index (χ1v) is 6.72. The summed E-state index contributed by atoms with van der Waals surface area (Å²) in [7, 11) is 1.67. The molecule has 0 radical (unpaired) electrons. The quantitative estimate of drug-likeness (QED) is 0.646. The van der Waals surface area contributed by atoms with E-state index in [0.29, 0.717) is 10.6 Å². The van der Waals surface area contributed by atoms with Gasteiger partial charge in [0.15, 0.2) is 0 Å². The fourth-order valence-corrected chi connectivity index (χ4v) is 2.11. The van der Waals surface area contributed by atoms with Crippen LogP contribution in [0.2, 0.25) is 5.02 Å². The van der Waals surface area contributed by atoms with Crippen LogP contribution in [-0.4, -0.2) is 28.9 Å². The minimum atomic E-state index is -0.285. The smallest absolute Gasteiger partial charge is 0.255 e. The van der Waals surface area contributed by atoms with Crippen LogP contribution in [0, 0.1) is 3.57 Å². The van der Waals surface area contributed by atoms with Gasteiger partial charge >= 0.3 is 0 Å². The molecule has 0 saturated heterocycles. The van der Waals surface area contributed by atoms with Crippen molar-refractivity contribution in [2.75, 3.05) is 7.05 Å². The standard InChI is InChI=1S/C11H12ClIN2OS/c1-6(10(14)17)15(2)11(16)8-5-7(12)3-4-9(8)13/h3-6H,1-2H3,(H2,14,17). The Bertz CT molecular complexity index is 467. The molecule has 1 aromatic carbocycles. The maximum Gasteiger partial charge on any atom is 0.255 e. The van der Waals surface area contributed by atoms with Crippen LogP contribution in [-0.2, 0) is 0 Å². The van der Waals surface area contributed by atoms with E-state index in [2.05, 4.69) is 22.6 Å². The number of carbonyl (C=O) groups is 1. The molecular formula is C11H12ClIN2OS. The van der Waals surface area contributed by atoms with Crippen LogP contribution < -0.4 is 5.73 Å². The first-order chi connectivity index (χ1) is 7.84. The molecular weight excluding hydrogens is 371 g/mol. The molecule has 2 N–H and O–H groups in total. The van der Waals surface area contributed by atoms with E-state index >= 15 is 0 Å². The lowest BCUT2D eigenvalue weighted by molar-refractivity contribution is 0.0778. The third-order valence-corrected chi connectivity index (χ3v) is 3.99. The summed E-state index contributed by atoms with van der Waals surface area (Å²) in [5.74, 6) is -0.141. The Morgan fingerprint density at radius 1 is 1.59 bits per heavy atom. The van der Waals surface area contributed by atoms with E-state index < -0.39 is 0 Å². The summed E-state index contributed by atoms with van der Waals surface area (Å²) in [6.07, 6.45) is 0. The van der Waals surface area contributed by atoms with Crippen molar-refractivity contribution < 1.29 is 4.79 Å². The van der Waals surface area contributed by atoms with E-state index in [1.807, 2.05) is 0 Å². The van der Waals surface area contributed by atoms with Crippen molar-refractivity contribution in [2.45, 2.75) is 13.0 Å². The number of carbonyl (C=O) groups excluding carboxylic acids is 1. The largest absolute Gasteiger partial charge is 0.392 e. The molecule has 1 amide bonds. The van der Waals surface area contributed by atoms with Crippen LogP contribution in [0.3, 0.4) is 0 Å². The zero-order valence-electron chi connectivity index (χ0n) is 9.41. The van der Waals surface area contributed by atoms with Gasteiger partial charge in [-0.3, -0.25) is 4.79 Å². The molecule has 0 saturated carbocycles. The number of likely N-dealkylation sites (N-methyl/N-ethyl adjacent to an activating group) is 1. The molecule has 1 unspecified atom stereocenters. The second-order valence-electron chi connectivity index (χ2n) is 3.62. The average molecular weight is 383 g/mol. The van der Waals surface area contributed by atoms with Crippen LogP contribution in [0.15, 0.2) is 18.2 Å². The Labute approximate surface area is 124 Å². The highest BCUT2D eigenvalue weighted by Crippen LogP contribution is 2.19. The van der Waals surface area contributed by atoms with Crippen molar-refractivity contribution in [2.24, 2.45) is 5.73 Å². The summed E-state index contributed by atoms with van der Waals surface area (Å²) >= 11 is 12.9. The van der Waals surface area contributed by atoms with Gasteiger partial charge in [-0.1, -0.05) is 23.8 Å². The Morgan fingerprint density at radius 3 is 2.71 bits per heavy atom. The van der Waals surface area contributed by atoms with Crippen LogP contribution in [0.1, 0.15) is 17.3 Å². The zero-order valence-corrected chi connectivity index (χ0v) is 13.1. The van der Waals surface area contributed by atoms with E-state index in [0.717, 1.165) is 3.57 Å². The molecule has 0 aliphatic rings. The molecule has 1 aromatic rings. The van der Waals surface area contributed by atoms with Crippen molar-refractivity contribution in [1.29, 1.82) is 0 Å². The number of rotatable bonds is 3. The van der Waals surface area contributed by atoms with Crippen LogP contribution >= 0.6 is 46.4 Å². The van der Waals surface area contributed by atoms with Crippen LogP contribution in [0.5, 0.6) is 0 Å². The van der Waals surface area contributed by atoms with Crippen molar-refractivity contribution in [1.82, 2.24) is 4.90 Å². The van der Waals surface area contributed by atoms with Gasteiger partial charge in [0, 0.05) is 15.6 Å². The molecule has 3 nitrogen and oxygen atoms in total. The summed E-state index contributed by atoms with van der Waals surface area (Å²) in [6, 6.07) is 4.91. The zero-order chi connectivity index (χ0) is 13.2. The van der Waals surface area contributed by atoms with Crippen molar-refractivity contribution in [3.05, 3.63) is 32.4 Å². The number of amides is 1. The van der Waals surface area contributed by atoms with Gasteiger partial charge in [0.05, 0.1) is 16.6 Å². The minimum absolute atomic E-state index is 0.141. The van der Waals surface area contributed by atoms with E-state index in [4.69, 9.17) is 29.6 Å². The number of nitrogens with zero attached hydrogens (tertiary/aromatic N) is 1. The van der Waals surface area contributed by atoms with Gasteiger partial charge in [0.1, 0.15) is 0 Å². The number of hydrogen-bond acceptors (Lipinski definition) is 2. The highest BCUT2D eigenvalue weighted by atomic mass is 127. The summed E-state index contributed by atoms with van der Waals surface area (Å²) < 4.78 is 0.846. The molecule has 0 aromatic heterocycles. The van der Waals surface area contributed by atoms with Crippen molar-refractivity contribution in [3.8, 4) is 0 Å². The first-order valence-electron chi connectivity index (χ1n) is 4.86. The molecule has 92 valence electrons. The molecule has 0 aliphatic carbocycles. The molecule has 0 fully saturated rings. The monoisotopic (exact) mass is 382 g/mol. The Morgan fingerprint density at radius 2 is 2.18 bits per heavy atom. The van der Waals surface area contributed by atoms with Gasteiger partial charge in [-0.05, 0) is 47.7 Å². The second-order valence-corrected chi connectivity index (χ2v) is 5.69. The predicted octanol–water partition coefficient (Wildman–Crippen LogP) is 2.69. The van der Waals surface area contributed by atoms with E-state index in [1.165, 1.54) is 4.90 Å². The molecule has 0 spiro atoms. The SMILES string of the molecule is CC(C(N)=S)N(C)C(=O)c1cc(Cl)ccc1I. The molecule has 0 aliphatic heterocycles. The van der Waals surface area contributed by atoms with Gasteiger partial charge in [-0.15, -0.1) is 0 Å². The fraction of sp³-hybridized carbons (Fsp3) is 0.273. The van der Waals surface area contributed by atoms with Gasteiger partial charge in [0.25, 0.3) is 5.91 Å². The summed E-state index contributed by atoms with van der Waals surface area (Å²) in [6.45, 7) is 1.79. The number of nitrogens with two attached hydrogens (primary N) is 1. The maximum atomic E-state index is 12.2. The number of thiocarbonyl (C=S) groups is 1. The summed E-state index contributed by atoms with van der Waals surface area (Å²) in [5.41, 5.74) is 6.09. The van der Waals surface area contributed by atoms with Crippen molar-refractivity contribution in [3.63, 3.8) is 0 Å². The van der Waals surface area contributed by atoms with Gasteiger partial charge in [-0.25, -0.2) is 0 Å². The number of hydrogen-bond donors (Lipinski definition) is 1. The van der Waals surface area contributed by atoms with Crippen molar-refractivity contribution >= 4 is 57.3 Å². The Kier molecular flexibility index (Phi) is 5.15. The van der Waals surface area contributed by atoms with E-state index in [9.17, 15) is 4.79 Å². The van der Waals surface area contributed by atoms with Gasteiger partial charge in [0.2, 0.25) is 0 Å². The maximum absolute atomic E-state index is 12.2. The molecule has 1 rings (SSSR count). The van der Waals surface area contributed by atoms with Crippen LogP contribution in [0.25, 0.3) is 0 Å². The number of halogens is 2. The van der Waals surface area contributed by atoms with Gasteiger partial charge in [-0.2, -0.15) is 0 Å². The molecule has 0 bridgehead atoms. The summed E-state index contributed by atoms with van der Waals surface area (Å²) in [5, 5.41) is 0.533. The molecule has 0 heterocycles. The lowest BCUT2D eigenvalue weighted by Crippen LogP contribution is -2.42. The number of benzene rings is 1. The van der Waals surface area contributed by atoms with Crippen LogP contribution in [0.4, 0.5) is 0 Å². The lowest BCUT2D eigenvalue weighted by atomic mass is 10.2. The third-order valence-electron chi connectivity index (χ3n) is 2.47. The average Bonchev–Trinajstić information content (AvgIpc) is 2.29. The predicted molar refractivity (Wildman–Crippen MR) is 82.5 cm³/mol. The lowest BCUT2D eigenvalue weighted by Gasteiger charge is -2.24.